The van der Waals surface area contributed by atoms with Gasteiger partial charge in [0.25, 0.3) is 0 Å². The van der Waals surface area contributed by atoms with Crippen molar-refractivity contribution >= 4 is 0 Å². The van der Waals surface area contributed by atoms with Crippen LogP contribution in [0.2, 0.25) is 0 Å². The Hall–Kier alpha value is -0.510. The summed E-state index contributed by atoms with van der Waals surface area (Å²) in [6, 6.07) is 0. The van der Waals surface area contributed by atoms with Crippen molar-refractivity contribution in [3.05, 3.63) is 12.2 Å². The van der Waals surface area contributed by atoms with Crippen LogP contribution < -0.4 is 0 Å². The van der Waals surface area contributed by atoms with E-state index in [1.54, 1.807) is 0 Å². The van der Waals surface area contributed by atoms with E-state index in [1.807, 2.05) is 19.1 Å². The number of hydrogen-bond donors (Lipinski definition) is 0. The lowest BCUT2D eigenvalue weighted by atomic mass is 9.90. The van der Waals surface area contributed by atoms with Crippen LogP contribution in [0.5, 0.6) is 0 Å². The fourth-order valence-corrected chi connectivity index (χ4v) is 2.35. The van der Waals surface area contributed by atoms with Crippen LogP contribution >= 0.6 is 0 Å². The maximum atomic E-state index is 11.9. The molecule has 0 N–H and O–H groups in total. The summed E-state index contributed by atoms with van der Waals surface area (Å²) in [5.74, 6) is -0.0355. The van der Waals surface area contributed by atoms with Crippen molar-refractivity contribution in [3.8, 4) is 0 Å². The molecule has 1 fully saturated rings. The lowest BCUT2D eigenvalue weighted by Crippen LogP contribution is -2.27. The van der Waals surface area contributed by atoms with Crippen molar-refractivity contribution in [1.82, 2.24) is 0 Å². The first kappa shape index (κ1) is 9.06. The average molecular weight is 192 g/mol. The van der Waals surface area contributed by atoms with Crippen LogP contribution in [-0.4, -0.2) is 12.5 Å². The van der Waals surface area contributed by atoms with E-state index in [9.17, 15) is 13.2 Å². The van der Waals surface area contributed by atoms with Crippen molar-refractivity contribution in [2.75, 3.05) is 0 Å². The molecule has 0 radical (unpaired) electrons. The Morgan fingerprint density at radius 1 is 1.38 bits per heavy atom. The van der Waals surface area contributed by atoms with Crippen LogP contribution in [0.25, 0.3) is 0 Å². The maximum absolute atomic E-state index is 11.9. The molecule has 0 heterocycles. The lowest BCUT2D eigenvalue weighted by Gasteiger charge is -2.23. The fraction of sp³-hybridized carbons (Fsp3) is 0.778. The number of fused-ring (bicyclic) bond motifs is 2. The highest BCUT2D eigenvalue weighted by atomic mass is 19.4. The van der Waals surface area contributed by atoms with Crippen LogP contribution in [0.1, 0.15) is 19.8 Å². The van der Waals surface area contributed by atoms with Gasteiger partial charge in [-0.2, -0.15) is 0 Å². The molecular formula is C9H11F3O. The summed E-state index contributed by atoms with van der Waals surface area (Å²) in [6.45, 7) is 1.98. The topological polar surface area (TPSA) is 9.23 Å². The van der Waals surface area contributed by atoms with Crippen LogP contribution in [0.4, 0.5) is 13.2 Å². The van der Waals surface area contributed by atoms with E-state index < -0.39 is 12.5 Å². The Morgan fingerprint density at radius 2 is 2.08 bits per heavy atom. The van der Waals surface area contributed by atoms with Gasteiger partial charge >= 0.3 is 6.36 Å². The summed E-state index contributed by atoms with van der Waals surface area (Å²) in [7, 11) is 0. The fourth-order valence-electron chi connectivity index (χ4n) is 2.35. The monoisotopic (exact) mass is 192 g/mol. The lowest BCUT2D eigenvalue weighted by molar-refractivity contribution is -0.345. The zero-order valence-corrected chi connectivity index (χ0v) is 7.27. The standard InChI is InChI=1S/C9H11F3O/c1-8-3-2-6(4-8)7(5-8)13-9(10,11)12/h2-3,6-7H,4-5H2,1H3. The van der Waals surface area contributed by atoms with Crippen molar-refractivity contribution in [1.29, 1.82) is 0 Å². The Morgan fingerprint density at radius 3 is 2.46 bits per heavy atom. The molecule has 0 aromatic heterocycles. The van der Waals surface area contributed by atoms with Gasteiger partial charge in [0.1, 0.15) is 0 Å². The second-order valence-corrected chi connectivity index (χ2v) is 4.19. The van der Waals surface area contributed by atoms with E-state index in [0.29, 0.717) is 6.42 Å². The number of hydrogen-bond acceptors (Lipinski definition) is 1. The van der Waals surface area contributed by atoms with Crippen molar-refractivity contribution in [2.45, 2.75) is 32.2 Å². The Labute approximate surface area is 74.6 Å². The number of alkyl halides is 3. The van der Waals surface area contributed by atoms with Gasteiger partial charge in [-0.15, -0.1) is 13.2 Å². The second-order valence-electron chi connectivity index (χ2n) is 4.19. The first-order valence-electron chi connectivity index (χ1n) is 4.32. The Bertz CT molecular complexity index is 246. The molecule has 0 amide bonds. The molecule has 74 valence electrons. The van der Waals surface area contributed by atoms with Crippen LogP contribution in [0.3, 0.4) is 0 Å². The zero-order chi connectivity index (χ0) is 9.69. The Balaban J connectivity index is 2.03. The first-order chi connectivity index (χ1) is 5.88. The molecule has 3 atom stereocenters. The molecule has 2 aliphatic rings. The molecule has 1 saturated carbocycles. The van der Waals surface area contributed by atoms with Gasteiger partial charge in [0.15, 0.2) is 0 Å². The van der Waals surface area contributed by atoms with E-state index in [2.05, 4.69) is 4.74 Å². The van der Waals surface area contributed by atoms with Gasteiger partial charge in [-0.25, -0.2) is 0 Å². The van der Waals surface area contributed by atoms with E-state index in [-0.39, 0.29) is 11.3 Å². The summed E-state index contributed by atoms with van der Waals surface area (Å²) < 4.78 is 39.8. The summed E-state index contributed by atoms with van der Waals surface area (Å²) >= 11 is 0. The third-order valence-corrected chi connectivity index (χ3v) is 2.88. The van der Waals surface area contributed by atoms with E-state index >= 15 is 0 Å². The minimum Gasteiger partial charge on any atom is -0.288 e. The van der Waals surface area contributed by atoms with E-state index in [0.717, 1.165) is 6.42 Å². The molecule has 4 heteroatoms. The van der Waals surface area contributed by atoms with Gasteiger partial charge in [-0.1, -0.05) is 19.1 Å². The molecule has 2 aliphatic carbocycles. The van der Waals surface area contributed by atoms with Crippen molar-refractivity contribution < 1.29 is 17.9 Å². The first-order valence-corrected chi connectivity index (χ1v) is 4.32. The molecule has 2 rings (SSSR count). The number of rotatable bonds is 1. The number of ether oxygens (including phenoxy) is 1. The highest BCUT2D eigenvalue weighted by Crippen LogP contribution is 2.51. The highest BCUT2D eigenvalue weighted by Gasteiger charge is 2.48. The summed E-state index contributed by atoms with van der Waals surface area (Å²) in [5.41, 5.74) is -0.0550. The maximum Gasteiger partial charge on any atom is 0.522 e. The second kappa shape index (κ2) is 2.50. The van der Waals surface area contributed by atoms with Gasteiger partial charge in [0.2, 0.25) is 0 Å². The molecule has 0 aliphatic heterocycles. The normalized spacial score (nSPS) is 43.1. The Kier molecular flexibility index (Phi) is 1.74. The average Bonchev–Trinajstić information content (AvgIpc) is 2.38. The predicted molar refractivity (Wildman–Crippen MR) is 40.9 cm³/mol. The molecule has 13 heavy (non-hydrogen) atoms. The van der Waals surface area contributed by atoms with Crippen LogP contribution in [0.15, 0.2) is 12.2 Å². The molecule has 0 saturated heterocycles. The third kappa shape index (κ3) is 1.73. The highest BCUT2D eigenvalue weighted by molar-refractivity contribution is 5.17. The summed E-state index contributed by atoms with van der Waals surface area (Å²) in [4.78, 5) is 0. The SMILES string of the molecule is CC12C=CC(C1)C(OC(F)(F)F)C2. The van der Waals surface area contributed by atoms with E-state index in [1.165, 1.54) is 0 Å². The predicted octanol–water partition coefficient (Wildman–Crippen LogP) is 2.88. The third-order valence-electron chi connectivity index (χ3n) is 2.88. The zero-order valence-electron chi connectivity index (χ0n) is 7.27. The number of allylic oxidation sites excluding steroid dienone is 1. The minimum atomic E-state index is -4.49. The largest absolute Gasteiger partial charge is 0.522 e. The van der Waals surface area contributed by atoms with E-state index in [4.69, 9.17) is 0 Å². The van der Waals surface area contributed by atoms with Crippen LogP contribution in [-0.2, 0) is 4.74 Å². The summed E-state index contributed by atoms with van der Waals surface area (Å²) in [6.07, 6.45) is 0.00388. The molecule has 1 nitrogen and oxygen atoms in total. The van der Waals surface area contributed by atoms with Gasteiger partial charge in [0, 0.05) is 5.92 Å². The molecule has 3 unspecified atom stereocenters. The van der Waals surface area contributed by atoms with Gasteiger partial charge < -0.3 is 0 Å². The number of halogens is 3. The van der Waals surface area contributed by atoms with Gasteiger partial charge in [0.05, 0.1) is 6.10 Å². The quantitative estimate of drug-likeness (QED) is 0.580. The van der Waals surface area contributed by atoms with Gasteiger partial charge in [-0.3, -0.25) is 4.74 Å². The minimum absolute atomic E-state index is 0.0355. The molecule has 0 spiro atoms. The van der Waals surface area contributed by atoms with Crippen molar-refractivity contribution in [3.63, 3.8) is 0 Å². The van der Waals surface area contributed by atoms with Gasteiger partial charge in [-0.05, 0) is 18.3 Å². The van der Waals surface area contributed by atoms with Crippen LogP contribution in [0, 0.1) is 11.3 Å². The summed E-state index contributed by atoms with van der Waals surface area (Å²) in [5, 5.41) is 0. The van der Waals surface area contributed by atoms with Crippen molar-refractivity contribution in [2.24, 2.45) is 11.3 Å². The molecule has 0 aromatic rings. The molecular weight excluding hydrogens is 181 g/mol. The molecule has 0 aromatic carbocycles. The smallest absolute Gasteiger partial charge is 0.288 e. The molecule has 2 bridgehead atoms.